The number of hydrogen-bond acceptors (Lipinski definition) is 4. The average molecular weight is 261 g/mol. The number of nitrogen functional groups attached to an aromatic ring is 1. The van der Waals surface area contributed by atoms with Crippen LogP contribution in [-0.4, -0.2) is 35.0 Å². The molecule has 1 heterocycles. The van der Waals surface area contributed by atoms with E-state index < -0.39 is 0 Å². The Morgan fingerprint density at radius 3 is 2.95 bits per heavy atom. The Hall–Kier alpha value is -1.59. The molecule has 1 aliphatic rings. The van der Waals surface area contributed by atoms with Gasteiger partial charge in [-0.1, -0.05) is 0 Å². The van der Waals surface area contributed by atoms with E-state index in [2.05, 4.69) is 4.57 Å². The molecule has 1 aliphatic carbocycles. The van der Waals surface area contributed by atoms with Crippen molar-refractivity contribution in [3.05, 3.63) is 24.0 Å². The lowest BCUT2D eigenvalue weighted by Crippen LogP contribution is -2.20. The number of rotatable bonds is 5. The number of methoxy groups -OCH3 is 1. The van der Waals surface area contributed by atoms with Crippen molar-refractivity contribution in [2.75, 3.05) is 26.1 Å². The Morgan fingerprint density at radius 2 is 2.32 bits per heavy atom. The fourth-order valence-corrected chi connectivity index (χ4v) is 2.55. The number of imidazole rings is 1. The third-order valence-corrected chi connectivity index (χ3v) is 3.62. The molecule has 1 unspecified atom stereocenters. The Kier molecular flexibility index (Phi) is 3.16. The number of anilines is 1. The number of nitrogens with zero attached hydrogens (tertiary/aromatic N) is 2. The molecule has 1 aromatic carbocycles. The minimum Gasteiger partial charge on any atom is -0.399 e. The van der Waals surface area contributed by atoms with Crippen LogP contribution in [0.25, 0.3) is 11.0 Å². The topological polar surface area (TPSA) is 73.3 Å². The first-order chi connectivity index (χ1) is 9.24. The molecule has 19 heavy (non-hydrogen) atoms. The fourth-order valence-electron chi connectivity index (χ4n) is 2.55. The smallest absolute Gasteiger partial charge is 0.113 e. The van der Waals surface area contributed by atoms with Gasteiger partial charge in [0, 0.05) is 18.7 Å². The van der Waals surface area contributed by atoms with E-state index in [9.17, 15) is 5.11 Å². The van der Waals surface area contributed by atoms with Gasteiger partial charge in [0.05, 0.1) is 30.3 Å². The van der Waals surface area contributed by atoms with Crippen LogP contribution < -0.4 is 5.73 Å². The van der Waals surface area contributed by atoms with Gasteiger partial charge in [0.2, 0.25) is 0 Å². The summed E-state index contributed by atoms with van der Waals surface area (Å²) in [6.07, 6.45) is 2.34. The molecule has 1 aromatic heterocycles. The zero-order chi connectivity index (χ0) is 13.4. The lowest BCUT2D eigenvalue weighted by atomic mass is 10.2. The average Bonchev–Trinajstić information content (AvgIpc) is 3.18. The fraction of sp³-hybridized carbons (Fsp3) is 0.500. The molecule has 0 amide bonds. The summed E-state index contributed by atoms with van der Waals surface area (Å²) in [5.41, 5.74) is 8.45. The van der Waals surface area contributed by atoms with Gasteiger partial charge in [-0.15, -0.1) is 0 Å². The van der Waals surface area contributed by atoms with Crippen LogP contribution in [0.3, 0.4) is 0 Å². The first kappa shape index (κ1) is 12.4. The SMILES string of the molecule is COCC(CO)n1c(C2CC2)nc2cc(N)ccc21. The van der Waals surface area contributed by atoms with E-state index in [4.69, 9.17) is 15.5 Å². The number of aliphatic hydroxyl groups is 1. The molecule has 3 rings (SSSR count). The highest BCUT2D eigenvalue weighted by atomic mass is 16.5. The van der Waals surface area contributed by atoms with Crippen LogP contribution in [0, 0.1) is 0 Å². The monoisotopic (exact) mass is 261 g/mol. The summed E-state index contributed by atoms with van der Waals surface area (Å²) in [4.78, 5) is 4.70. The van der Waals surface area contributed by atoms with E-state index in [1.165, 1.54) is 12.8 Å². The van der Waals surface area contributed by atoms with Crippen LogP contribution in [0.15, 0.2) is 18.2 Å². The Bertz CT molecular complexity index is 590. The van der Waals surface area contributed by atoms with Crippen molar-refractivity contribution in [1.29, 1.82) is 0 Å². The summed E-state index contributed by atoms with van der Waals surface area (Å²) in [7, 11) is 1.65. The molecule has 0 saturated heterocycles. The number of aromatic nitrogens is 2. The van der Waals surface area contributed by atoms with E-state index in [1.807, 2.05) is 18.2 Å². The molecule has 2 aromatic rings. The molecule has 1 fully saturated rings. The summed E-state index contributed by atoms with van der Waals surface area (Å²) in [6.45, 7) is 0.523. The number of ether oxygens (including phenoxy) is 1. The van der Waals surface area contributed by atoms with Crippen molar-refractivity contribution >= 4 is 16.7 Å². The zero-order valence-electron chi connectivity index (χ0n) is 11.0. The number of hydrogen-bond donors (Lipinski definition) is 2. The Morgan fingerprint density at radius 1 is 1.53 bits per heavy atom. The van der Waals surface area contributed by atoms with Crippen molar-refractivity contribution in [3.8, 4) is 0 Å². The summed E-state index contributed by atoms with van der Waals surface area (Å²) in [5.74, 6) is 1.57. The summed E-state index contributed by atoms with van der Waals surface area (Å²) < 4.78 is 7.33. The Labute approximate surface area is 112 Å². The molecular formula is C14H19N3O2. The molecule has 0 radical (unpaired) electrons. The second-order valence-corrected chi connectivity index (χ2v) is 5.15. The molecule has 0 spiro atoms. The number of nitrogens with two attached hydrogens (primary N) is 1. The van der Waals surface area contributed by atoms with E-state index in [0.717, 1.165) is 16.9 Å². The minimum absolute atomic E-state index is 0.0450. The summed E-state index contributed by atoms with van der Waals surface area (Å²) in [6, 6.07) is 5.65. The third-order valence-electron chi connectivity index (χ3n) is 3.62. The zero-order valence-corrected chi connectivity index (χ0v) is 11.0. The lowest BCUT2D eigenvalue weighted by molar-refractivity contribution is 0.115. The normalized spacial score (nSPS) is 16.9. The van der Waals surface area contributed by atoms with E-state index in [-0.39, 0.29) is 12.6 Å². The van der Waals surface area contributed by atoms with Gasteiger partial charge in [0.1, 0.15) is 5.82 Å². The van der Waals surface area contributed by atoms with Crippen molar-refractivity contribution in [2.45, 2.75) is 24.8 Å². The highest BCUT2D eigenvalue weighted by molar-refractivity contribution is 5.80. The molecule has 3 N–H and O–H groups in total. The first-order valence-electron chi connectivity index (χ1n) is 6.61. The molecule has 0 bridgehead atoms. The first-order valence-corrected chi connectivity index (χ1v) is 6.61. The summed E-state index contributed by atoms with van der Waals surface area (Å²) in [5, 5.41) is 9.62. The third kappa shape index (κ3) is 2.19. The number of benzene rings is 1. The molecule has 1 atom stereocenters. The van der Waals surface area contributed by atoms with Crippen LogP contribution in [-0.2, 0) is 4.74 Å². The number of aliphatic hydroxyl groups excluding tert-OH is 1. The second kappa shape index (κ2) is 4.83. The molecule has 102 valence electrons. The largest absolute Gasteiger partial charge is 0.399 e. The van der Waals surface area contributed by atoms with Crippen LogP contribution in [0.1, 0.15) is 30.6 Å². The van der Waals surface area contributed by atoms with Crippen LogP contribution in [0.2, 0.25) is 0 Å². The second-order valence-electron chi connectivity index (χ2n) is 5.15. The van der Waals surface area contributed by atoms with Gasteiger partial charge in [-0.2, -0.15) is 0 Å². The van der Waals surface area contributed by atoms with Gasteiger partial charge in [-0.25, -0.2) is 4.98 Å². The van der Waals surface area contributed by atoms with Crippen LogP contribution in [0.5, 0.6) is 0 Å². The number of fused-ring (bicyclic) bond motifs is 1. The molecule has 5 nitrogen and oxygen atoms in total. The van der Waals surface area contributed by atoms with Crippen LogP contribution in [0.4, 0.5) is 5.69 Å². The predicted octanol–water partition coefficient (Wildman–Crippen LogP) is 1.68. The van der Waals surface area contributed by atoms with Gasteiger partial charge in [-0.05, 0) is 31.0 Å². The Balaban J connectivity index is 2.15. The van der Waals surface area contributed by atoms with Gasteiger partial charge < -0.3 is 20.1 Å². The summed E-state index contributed by atoms with van der Waals surface area (Å²) >= 11 is 0. The molecule has 0 aliphatic heterocycles. The maximum Gasteiger partial charge on any atom is 0.113 e. The molecular weight excluding hydrogens is 242 g/mol. The van der Waals surface area contributed by atoms with E-state index >= 15 is 0 Å². The predicted molar refractivity (Wildman–Crippen MR) is 74.1 cm³/mol. The lowest BCUT2D eigenvalue weighted by Gasteiger charge is -2.19. The quantitative estimate of drug-likeness (QED) is 0.803. The van der Waals surface area contributed by atoms with Crippen molar-refractivity contribution in [2.24, 2.45) is 0 Å². The van der Waals surface area contributed by atoms with Crippen molar-refractivity contribution in [3.63, 3.8) is 0 Å². The van der Waals surface area contributed by atoms with Crippen LogP contribution >= 0.6 is 0 Å². The molecule has 1 saturated carbocycles. The highest BCUT2D eigenvalue weighted by Crippen LogP contribution is 2.42. The molecule has 5 heteroatoms. The van der Waals surface area contributed by atoms with Crippen molar-refractivity contribution < 1.29 is 9.84 Å². The highest BCUT2D eigenvalue weighted by Gasteiger charge is 2.31. The van der Waals surface area contributed by atoms with Gasteiger partial charge in [-0.3, -0.25) is 0 Å². The van der Waals surface area contributed by atoms with Gasteiger partial charge >= 0.3 is 0 Å². The van der Waals surface area contributed by atoms with Crippen molar-refractivity contribution in [1.82, 2.24) is 9.55 Å². The van der Waals surface area contributed by atoms with Gasteiger partial charge in [0.25, 0.3) is 0 Å². The van der Waals surface area contributed by atoms with E-state index in [1.54, 1.807) is 7.11 Å². The standard InChI is InChI=1S/C14H19N3O2/c1-19-8-11(7-18)17-13-5-4-10(15)6-12(13)16-14(17)9-2-3-9/h4-6,9,11,18H,2-3,7-8,15H2,1H3. The van der Waals surface area contributed by atoms with E-state index in [0.29, 0.717) is 18.2 Å². The maximum absolute atomic E-state index is 9.62. The van der Waals surface area contributed by atoms with Gasteiger partial charge in [0.15, 0.2) is 0 Å². The maximum atomic E-state index is 9.62. The minimum atomic E-state index is -0.0887.